The normalized spacial score (nSPS) is 15.5. The Morgan fingerprint density at radius 1 is 1.36 bits per heavy atom. The molecule has 0 amide bonds. The molecule has 0 saturated carbocycles. The monoisotopic (exact) mass is 153 g/mol. The van der Waals surface area contributed by atoms with E-state index in [0.29, 0.717) is 11.8 Å². The van der Waals surface area contributed by atoms with Crippen LogP contribution in [0.3, 0.4) is 0 Å². The number of nitriles is 1. The second kappa shape index (κ2) is 6.22. The number of rotatable bonds is 5. The van der Waals surface area contributed by atoms with E-state index in [1.54, 1.807) is 0 Å². The van der Waals surface area contributed by atoms with Crippen molar-refractivity contribution in [2.24, 2.45) is 11.8 Å². The van der Waals surface area contributed by atoms with Crippen molar-refractivity contribution >= 4 is 0 Å². The molecule has 1 heteroatoms. The van der Waals surface area contributed by atoms with Gasteiger partial charge in [-0.25, -0.2) is 0 Å². The molecule has 0 aliphatic rings. The highest BCUT2D eigenvalue weighted by atomic mass is 14.3. The van der Waals surface area contributed by atoms with Gasteiger partial charge in [0.05, 0.1) is 6.07 Å². The zero-order valence-corrected chi connectivity index (χ0v) is 7.93. The molecule has 0 heterocycles. The second-order valence-electron chi connectivity index (χ2n) is 3.26. The molecule has 11 heavy (non-hydrogen) atoms. The maximum absolute atomic E-state index is 8.80. The van der Waals surface area contributed by atoms with Gasteiger partial charge in [-0.2, -0.15) is 5.26 Å². The molecule has 1 nitrogen and oxygen atoms in total. The Balaban J connectivity index is 3.68. The number of hydrogen-bond donors (Lipinski definition) is 0. The van der Waals surface area contributed by atoms with Crippen LogP contribution in [0.15, 0.2) is 0 Å². The summed E-state index contributed by atoms with van der Waals surface area (Å²) in [5.41, 5.74) is 0. The van der Waals surface area contributed by atoms with Crippen LogP contribution >= 0.6 is 0 Å². The molecule has 0 aliphatic carbocycles. The number of nitrogens with zero attached hydrogens (tertiary/aromatic N) is 1. The lowest BCUT2D eigenvalue weighted by Crippen LogP contribution is -2.08. The van der Waals surface area contributed by atoms with Gasteiger partial charge in [0.15, 0.2) is 0 Å². The van der Waals surface area contributed by atoms with Gasteiger partial charge in [0.2, 0.25) is 0 Å². The van der Waals surface area contributed by atoms with Crippen molar-refractivity contribution in [3.05, 3.63) is 0 Å². The average Bonchev–Trinajstić information content (AvgIpc) is 2.05. The molecule has 2 unspecified atom stereocenters. The van der Waals surface area contributed by atoms with Crippen molar-refractivity contribution in [2.45, 2.75) is 46.5 Å². The van der Waals surface area contributed by atoms with E-state index in [0.717, 1.165) is 12.8 Å². The standard InChI is InChI=1S/C10H19N/c1-4-6-7-10(8-11)9(3)5-2/h9-10H,4-7H2,1-3H3. The molecular weight excluding hydrogens is 134 g/mol. The van der Waals surface area contributed by atoms with Crippen molar-refractivity contribution in [1.82, 2.24) is 0 Å². The first-order chi connectivity index (χ1) is 5.26. The summed E-state index contributed by atoms with van der Waals surface area (Å²) in [6.07, 6.45) is 4.61. The molecule has 0 saturated heterocycles. The summed E-state index contributed by atoms with van der Waals surface area (Å²) in [6.45, 7) is 6.50. The van der Waals surface area contributed by atoms with Gasteiger partial charge >= 0.3 is 0 Å². The quantitative estimate of drug-likeness (QED) is 0.594. The van der Waals surface area contributed by atoms with Crippen LogP contribution in [0.1, 0.15) is 46.5 Å². The summed E-state index contributed by atoms with van der Waals surface area (Å²) in [7, 11) is 0. The number of hydrogen-bond acceptors (Lipinski definition) is 1. The fraction of sp³-hybridized carbons (Fsp3) is 0.900. The van der Waals surface area contributed by atoms with Gasteiger partial charge in [0.1, 0.15) is 0 Å². The van der Waals surface area contributed by atoms with Gasteiger partial charge in [0, 0.05) is 5.92 Å². The van der Waals surface area contributed by atoms with Crippen molar-refractivity contribution in [3.63, 3.8) is 0 Å². The molecular formula is C10H19N. The average molecular weight is 153 g/mol. The van der Waals surface area contributed by atoms with Crippen molar-refractivity contribution in [1.29, 1.82) is 5.26 Å². The molecule has 0 radical (unpaired) electrons. The van der Waals surface area contributed by atoms with Crippen LogP contribution in [0.5, 0.6) is 0 Å². The van der Waals surface area contributed by atoms with Crippen LogP contribution in [0.2, 0.25) is 0 Å². The van der Waals surface area contributed by atoms with E-state index in [9.17, 15) is 0 Å². The van der Waals surface area contributed by atoms with E-state index < -0.39 is 0 Å². The Morgan fingerprint density at radius 3 is 2.36 bits per heavy atom. The minimum atomic E-state index is 0.292. The number of unbranched alkanes of at least 4 members (excludes halogenated alkanes) is 1. The summed E-state index contributed by atoms with van der Waals surface area (Å²) >= 11 is 0. The Labute approximate surface area is 70.4 Å². The largest absolute Gasteiger partial charge is 0.198 e. The van der Waals surface area contributed by atoms with E-state index in [1.807, 2.05) is 0 Å². The molecule has 0 bridgehead atoms. The predicted molar refractivity (Wildman–Crippen MR) is 48.1 cm³/mol. The Hall–Kier alpha value is -0.510. The van der Waals surface area contributed by atoms with Crippen LogP contribution in [0.4, 0.5) is 0 Å². The van der Waals surface area contributed by atoms with Crippen LogP contribution < -0.4 is 0 Å². The van der Waals surface area contributed by atoms with E-state index >= 15 is 0 Å². The maximum atomic E-state index is 8.80. The van der Waals surface area contributed by atoms with Crippen LogP contribution in [-0.4, -0.2) is 0 Å². The molecule has 2 atom stereocenters. The Kier molecular flexibility index (Phi) is 5.93. The highest BCUT2D eigenvalue weighted by Crippen LogP contribution is 2.19. The minimum Gasteiger partial charge on any atom is -0.198 e. The molecule has 0 aliphatic heterocycles. The highest BCUT2D eigenvalue weighted by Gasteiger charge is 2.13. The van der Waals surface area contributed by atoms with Crippen LogP contribution in [0, 0.1) is 23.2 Å². The van der Waals surface area contributed by atoms with E-state index in [-0.39, 0.29) is 0 Å². The summed E-state index contributed by atoms with van der Waals surface area (Å²) in [6, 6.07) is 2.39. The topological polar surface area (TPSA) is 23.8 Å². The molecule has 0 N–H and O–H groups in total. The predicted octanol–water partition coefficient (Wildman–Crippen LogP) is 3.36. The first-order valence-electron chi connectivity index (χ1n) is 4.65. The summed E-state index contributed by atoms with van der Waals surface area (Å²) in [5.74, 6) is 0.867. The van der Waals surface area contributed by atoms with Gasteiger partial charge in [-0.3, -0.25) is 0 Å². The SMILES string of the molecule is CCCCC(C#N)C(C)CC. The zero-order valence-electron chi connectivity index (χ0n) is 7.93. The second-order valence-corrected chi connectivity index (χ2v) is 3.26. The molecule has 0 aromatic rings. The molecule has 64 valence electrons. The Morgan fingerprint density at radius 2 is 2.00 bits per heavy atom. The first kappa shape index (κ1) is 10.5. The van der Waals surface area contributed by atoms with Gasteiger partial charge in [-0.15, -0.1) is 0 Å². The smallest absolute Gasteiger partial charge is 0.0658 e. The molecule has 0 rings (SSSR count). The van der Waals surface area contributed by atoms with Crippen LogP contribution in [-0.2, 0) is 0 Å². The van der Waals surface area contributed by atoms with E-state index in [1.165, 1.54) is 12.8 Å². The van der Waals surface area contributed by atoms with Crippen molar-refractivity contribution < 1.29 is 0 Å². The zero-order chi connectivity index (χ0) is 8.69. The van der Waals surface area contributed by atoms with Gasteiger partial charge in [0.25, 0.3) is 0 Å². The summed E-state index contributed by atoms with van der Waals surface area (Å²) < 4.78 is 0. The van der Waals surface area contributed by atoms with Gasteiger partial charge in [-0.1, -0.05) is 40.0 Å². The van der Waals surface area contributed by atoms with E-state index in [2.05, 4.69) is 26.8 Å². The third-order valence-corrected chi connectivity index (χ3v) is 2.37. The lowest BCUT2D eigenvalue weighted by atomic mass is 9.89. The summed E-state index contributed by atoms with van der Waals surface area (Å²) in [5, 5.41) is 8.80. The van der Waals surface area contributed by atoms with Crippen molar-refractivity contribution in [2.75, 3.05) is 0 Å². The molecule has 0 aromatic heterocycles. The lowest BCUT2D eigenvalue weighted by molar-refractivity contribution is 0.392. The fourth-order valence-electron chi connectivity index (χ4n) is 1.18. The molecule has 0 spiro atoms. The third-order valence-electron chi connectivity index (χ3n) is 2.37. The first-order valence-corrected chi connectivity index (χ1v) is 4.65. The van der Waals surface area contributed by atoms with Gasteiger partial charge in [-0.05, 0) is 12.3 Å². The van der Waals surface area contributed by atoms with E-state index in [4.69, 9.17) is 5.26 Å². The minimum absolute atomic E-state index is 0.292. The van der Waals surface area contributed by atoms with Crippen molar-refractivity contribution in [3.8, 4) is 6.07 Å². The molecule has 0 aromatic carbocycles. The maximum Gasteiger partial charge on any atom is 0.0658 e. The Bertz CT molecular complexity index is 123. The third kappa shape index (κ3) is 4.03. The molecule has 0 fully saturated rings. The lowest BCUT2D eigenvalue weighted by Gasteiger charge is -2.14. The highest BCUT2D eigenvalue weighted by molar-refractivity contribution is 4.85. The fourth-order valence-corrected chi connectivity index (χ4v) is 1.18. The van der Waals surface area contributed by atoms with Gasteiger partial charge < -0.3 is 0 Å². The summed E-state index contributed by atoms with van der Waals surface area (Å²) in [4.78, 5) is 0. The van der Waals surface area contributed by atoms with Crippen LogP contribution in [0.25, 0.3) is 0 Å².